The summed E-state index contributed by atoms with van der Waals surface area (Å²) in [5.41, 5.74) is 0.0348. The first kappa shape index (κ1) is 9.09. The van der Waals surface area contributed by atoms with Crippen molar-refractivity contribution in [1.29, 1.82) is 0 Å². The molecule has 0 aliphatic rings. The highest BCUT2D eigenvalue weighted by atomic mass is 16.3. The lowest BCUT2D eigenvalue weighted by Crippen LogP contribution is -2.15. The van der Waals surface area contributed by atoms with E-state index in [2.05, 4.69) is 10.2 Å². The second-order valence-electron chi connectivity index (χ2n) is 3.86. The lowest BCUT2D eigenvalue weighted by Gasteiger charge is -2.19. The first-order valence-electron chi connectivity index (χ1n) is 4.51. The Balaban J connectivity index is 2.78. The van der Waals surface area contributed by atoms with Gasteiger partial charge in [-0.1, -0.05) is 18.2 Å². The number of fused-ring (bicyclic) bond motifs is 1. The van der Waals surface area contributed by atoms with Gasteiger partial charge in [0.2, 0.25) is 0 Å². The highest BCUT2D eigenvalue weighted by Crippen LogP contribution is 2.26. The average Bonchev–Trinajstić information content (AvgIpc) is 2.15. The Morgan fingerprint density at radius 2 is 1.86 bits per heavy atom. The number of hydrogen-bond donors (Lipinski definition) is 1. The fraction of sp³-hybridized carbons (Fsp3) is 0.273. The molecule has 0 aliphatic carbocycles. The Hall–Kier alpha value is -1.48. The largest absolute Gasteiger partial charge is 0.386 e. The van der Waals surface area contributed by atoms with Crippen LogP contribution in [-0.4, -0.2) is 15.3 Å². The van der Waals surface area contributed by atoms with Gasteiger partial charge in [-0.25, -0.2) is 0 Å². The summed E-state index contributed by atoms with van der Waals surface area (Å²) in [5.74, 6) is 0. The van der Waals surface area contributed by atoms with Gasteiger partial charge in [0.05, 0.1) is 18.0 Å². The lowest BCUT2D eigenvalue weighted by atomic mass is 9.94. The maximum atomic E-state index is 9.94. The smallest absolute Gasteiger partial charge is 0.0847 e. The Kier molecular flexibility index (Phi) is 1.97. The Morgan fingerprint density at radius 3 is 2.57 bits per heavy atom. The van der Waals surface area contributed by atoms with Crippen LogP contribution in [-0.2, 0) is 5.60 Å². The van der Waals surface area contributed by atoms with E-state index < -0.39 is 5.60 Å². The Morgan fingerprint density at radius 1 is 1.14 bits per heavy atom. The van der Waals surface area contributed by atoms with Gasteiger partial charge in [-0.3, -0.25) is 0 Å². The van der Waals surface area contributed by atoms with E-state index in [1.807, 2.05) is 18.2 Å². The van der Waals surface area contributed by atoms with Gasteiger partial charge in [0, 0.05) is 10.8 Å². The second kappa shape index (κ2) is 3.03. The standard InChI is InChI=1S/C11H12N2O/c1-11(2,14)10-5-3-4-8-6-12-13-7-9(8)10/h3-7,14H,1-2H3. The van der Waals surface area contributed by atoms with E-state index >= 15 is 0 Å². The molecule has 1 aromatic carbocycles. The predicted molar refractivity (Wildman–Crippen MR) is 54.8 cm³/mol. The Labute approximate surface area is 82.4 Å². The number of nitrogens with zero attached hydrogens (tertiary/aromatic N) is 2. The third kappa shape index (κ3) is 1.46. The van der Waals surface area contributed by atoms with Crippen molar-refractivity contribution in [2.45, 2.75) is 19.4 Å². The minimum Gasteiger partial charge on any atom is -0.386 e. The molecule has 1 N–H and O–H groups in total. The summed E-state index contributed by atoms with van der Waals surface area (Å²) in [6.07, 6.45) is 3.38. The van der Waals surface area contributed by atoms with E-state index in [9.17, 15) is 5.11 Å². The third-order valence-electron chi connectivity index (χ3n) is 2.25. The van der Waals surface area contributed by atoms with Crippen LogP contribution in [0.25, 0.3) is 10.8 Å². The van der Waals surface area contributed by atoms with Crippen LogP contribution < -0.4 is 0 Å². The zero-order valence-electron chi connectivity index (χ0n) is 8.23. The summed E-state index contributed by atoms with van der Waals surface area (Å²) in [6, 6.07) is 5.78. The monoisotopic (exact) mass is 188 g/mol. The number of benzene rings is 1. The van der Waals surface area contributed by atoms with E-state index in [1.54, 1.807) is 26.2 Å². The lowest BCUT2D eigenvalue weighted by molar-refractivity contribution is 0.0802. The minimum absolute atomic E-state index is 0.845. The van der Waals surface area contributed by atoms with Crippen molar-refractivity contribution in [1.82, 2.24) is 10.2 Å². The van der Waals surface area contributed by atoms with Crippen molar-refractivity contribution in [2.75, 3.05) is 0 Å². The first-order chi connectivity index (χ1) is 6.59. The molecule has 1 heterocycles. The predicted octanol–water partition coefficient (Wildman–Crippen LogP) is 1.86. The molecule has 14 heavy (non-hydrogen) atoms. The number of rotatable bonds is 1. The zero-order chi connectivity index (χ0) is 10.2. The van der Waals surface area contributed by atoms with Gasteiger partial charge >= 0.3 is 0 Å². The van der Waals surface area contributed by atoms with Crippen molar-refractivity contribution in [3.8, 4) is 0 Å². The van der Waals surface area contributed by atoms with Crippen LogP contribution in [0.4, 0.5) is 0 Å². The third-order valence-corrected chi connectivity index (χ3v) is 2.25. The molecule has 0 saturated heterocycles. The molecule has 3 nitrogen and oxygen atoms in total. The van der Waals surface area contributed by atoms with Crippen molar-refractivity contribution < 1.29 is 5.11 Å². The summed E-state index contributed by atoms with van der Waals surface area (Å²) in [4.78, 5) is 0. The van der Waals surface area contributed by atoms with Crippen LogP contribution in [0.15, 0.2) is 30.6 Å². The van der Waals surface area contributed by atoms with Crippen LogP contribution in [0.5, 0.6) is 0 Å². The van der Waals surface area contributed by atoms with E-state index in [4.69, 9.17) is 0 Å². The van der Waals surface area contributed by atoms with Crippen LogP contribution in [0.2, 0.25) is 0 Å². The highest BCUT2D eigenvalue weighted by molar-refractivity contribution is 5.84. The van der Waals surface area contributed by atoms with Crippen molar-refractivity contribution in [3.05, 3.63) is 36.2 Å². The fourth-order valence-corrected chi connectivity index (χ4v) is 1.56. The van der Waals surface area contributed by atoms with E-state index in [0.29, 0.717) is 0 Å². The molecule has 2 rings (SSSR count). The number of hydrogen-bond acceptors (Lipinski definition) is 3. The van der Waals surface area contributed by atoms with Crippen LogP contribution in [0.3, 0.4) is 0 Å². The molecule has 0 aliphatic heterocycles. The first-order valence-corrected chi connectivity index (χ1v) is 4.51. The van der Waals surface area contributed by atoms with Crippen molar-refractivity contribution >= 4 is 10.8 Å². The fourth-order valence-electron chi connectivity index (χ4n) is 1.56. The number of aliphatic hydroxyl groups is 1. The highest BCUT2D eigenvalue weighted by Gasteiger charge is 2.18. The van der Waals surface area contributed by atoms with E-state index in [1.165, 1.54) is 0 Å². The molecule has 0 saturated carbocycles. The molecular weight excluding hydrogens is 176 g/mol. The molecule has 0 fully saturated rings. The van der Waals surface area contributed by atoms with Crippen LogP contribution in [0, 0.1) is 0 Å². The maximum absolute atomic E-state index is 9.94. The maximum Gasteiger partial charge on any atom is 0.0847 e. The molecule has 1 aromatic heterocycles. The van der Waals surface area contributed by atoms with Gasteiger partial charge in [0.1, 0.15) is 0 Å². The van der Waals surface area contributed by atoms with Crippen LogP contribution in [0.1, 0.15) is 19.4 Å². The summed E-state index contributed by atoms with van der Waals surface area (Å²) >= 11 is 0. The molecule has 0 amide bonds. The van der Waals surface area contributed by atoms with Gasteiger partial charge in [0.25, 0.3) is 0 Å². The van der Waals surface area contributed by atoms with E-state index in [-0.39, 0.29) is 0 Å². The zero-order valence-corrected chi connectivity index (χ0v) is 8.23. The minimum atomic E-state index is -0.845. The summed E-state index contributed by atoms with van der Waals surface area (Å²) < 4.78 is 0. The molecule has 0 bridgehead atoms. The molecule has 72 valence electrons. The average molecular weight is 188 g/mol. The quantitative estimate of drug-likeness (QED) is 0.743. The summed E-state index contributed by atoms with van der Waals surface area (Å²) in [7, 11) is 0. The topological polar surface area (TPSA) is 46.0 Å². The molecule has 0 atom stereocenters. The van der Waals surface area contributed by atoms with Gasteiger partial charge in [-0.15, -0.1) is 0 Å². The van der Waals surface area contributed by atoms with Gasteiger partial charge in [-0.05, 0) is 19.4 Å². The normalized spacial score (nSPS) is 11.9. The Bertz CT molecular complexity index is 455. The summed E-state index contributed by atoms with van der Waals surface area (Å²) in [5, 5.41) is 19.5. The van der Waals surface area contributed by atoms with Crippen LogP contribution >= 0.6 is 0 Å². The molecule has 0 spiro atoms. The van der Waals surface area contributed by atoms with Gasteiger partial charge in [-0.2, -0.15) is 10.2 Å². The van der Waals surface area contributed by atoms with Crippen molar-refractivity contribution in [2.24, 2.45) is 0 Å². The summed E-state index contributed by atoms with van der Waals surface area (Å²) in [6.45, 7) is 3.53. The SMILES string of the molecule is CC(C)(O)c1cccc2cnncc12. The molecule has 0 unspecified atom stereocenters. The number of aromatic nitrogens is 2. The van der Waals surface area contributed by atoms with Gasteiger partial charge in [0.15, 0.2) is 0 Å². The molecule has 0 radical (unpaired) electrons. The van der Waals surface area contributed by atoms with E-state index in [0.717, 1.165) is 16.3 Å². The van der Waals surface area contributed by atoms with Gasteiger partial charge < -0.3 is 5.11 Å². The molecular formula is C11H12N2O. The molecule has 2 aromatic rings. The second-order valence-corrected chi connectivity index (χ2v) is 3.86. The van der Waals surface area contributed by atoms with Crippen molar-refractivity contribution in [3.63, 3.8) is 0 Å². The molecule has 3 heteroatoms.